The van der Waals surface area contributed by atoms with Crippen molar-refractivity contribution in [2.75, 3.05) is 11.5 Å². The van der Waals surface area contributed by atoms with E-state index in [0.717, 1.165) is 26.5 Å². The lowest BCUT2D eigenvalue weighted by molar-refractivity contribution is -0.151. The van der Waals surface area contributed by atoms with Crippen LogP contribution in [-0.4, -0.2) is 63.5 Å². The Balaban J connectivity index is 1.13. The van der Waals surface area contributed by atoms with Crippen molar-refractivity contribution in [1.29, 1.82) is 0 Å². The van der Waals surface area contributed by atoms with Crippen LogP contribution in [0.15, 0.2) is 106 Å². The number of amides is 2. The van der Waals surface area contributed by atoms with Gasteiger partial charge in [-0.15, -0.1) is 0 Å². The second-order valence-electron chi connectivity index (χ2n) is 15.1. The second-order valence-corrected chi connectivity index (χ2v) is 20.0. The Kier molecular flexibility index (Phi) is 9.01. The maximum atomic E-state index is 15.0. The van der Waals surface area contributed by atoms with Crippen molar-refractivity contribution in [2.45, 2.75) is 69.2 Å². The molecule has 1 spiro atoms. The molecule has 0 bridgehead atoms. The van der Waals surface area contributed by atoms with Gasteiger partial charge in [0.2, 0.25) is 5.91 Å². The number of ether oxygens (including phenoxy) is 1. The van der Waals surface area contributed by atoms with Crippen molar-refractivity contribution in [2.24, 2.45) is 5.92 Å². The molecule has 0 aliphatic carbocycles. The van der Waals surface area contributed by atoms with Crippen LogP contribution in [0.3, 0.4) is 0 Å². The Labute approximate surface area is 316 Å². The van der Waals surface area contributed by atoms with Gasteiger partial charge in [0.15, 0.2) is 13.9 Å². The van der Waals surface area contributed by atoms with Gasteiger partial charge in [-0.25, -0.2) is 0 Å². The van der Waals surface area contributed by atoms with Crippen LogP contribution in [0.25, 0.3) is 16.5 Å². The van der Waals surface area contributed by atoms with Gasteiger partial charge in [-0.1, -0.05) is 77.5 Å². The number of anilines is 1. The van der Waals surface area contributed by atoms with Crippen molar-refractivity contribution < 1.29 is 24.2 Å². The average molecular weight is 794 g/mol. The summed E-state index contributed by atoms with van der Waals surface area (Å²) in [6.45, 7) is 6.04. The molecule has 0 radical (unpaired) electrons. The Morgan fingerprint density at radius 1 is 1.00 bits per heavy atom. The summed E-state index contributed by atoms with van der Waals surface area (Å²) in [5, 5.41) is 16.1. The summed E-state index contributed by atoms with van der Waals surface area (Å²) >= 11 is 3.62. The van der Waals surface area contributed by atoms with E-state index in [-0.39, 0.29) is 43.0 Å². The number of rotatable bonds is 7. The van der Waals surface area contributed by atoms with Gasteiger partial charge in [-0.3, -0.25) is 14.4 Å². The van der Waals surface area contributed by atoms with E-state index in [1.807, 2.05) is 105 Å². The lowest BCUT2D eigenvalue weighted by atomic mass is 9.82. The topological polar surface area (TPSA) is 125 Å². The molecule has 0 unspecified atom stereocenters. The van der Waals surface area contributed by atoms with Gasteiger partial charge in [0.1, 0.15) is 0 Å². The maximum absolute atomic E-state index is 15.0. The van der Waals surface area contributed by atoms with Crippen molar-refractivity contribution in [3.05, 3.63) is 134 Å². The number of benzene rings is 4. The number of carbonyl (C=O) groups excluding carboxylic acids is 2. The van der Waals surface area contributed by atoms with Crippen LogP contribution in [-0.2, 0) is 39.4 Å². The highest BCUT2D eigenvalue weighted by molar-refractivity contribution is 9.10. The molecule has 12 heteroatoms. The quantitative estimate of drug-likeness (QED) is 0.199. The van der Waals surface area contributed by atoms with E-state index >= 15 is 4.79 Å². The van der Waals surface area contributed by atoms with Crippen molar-refractivity contribution in [3.63, 3.8) is 0 Å². The number of aliphatic hydroxyl groups excluding tert-OH is 1. The number of hydrogen-bond donors (Lipinski definition) is 2. The molecule has 10 nitrogen and oxygen atoms in total. The molecule has 1 fully saturated rings. The first kappa shape index (κ1) is 35.6. The summed E-state index contributed by atoms with van der Waals surface area (Å²) in [5.74, 6) is -0.898. The molecule has 2 N–H and O–H groups in total. The van der Waals surface area contributed by atoms with E-state index in [2.05, 4.69) is 21.0 Å². The number of carbonyl (C=O) groups is 2. The molecule has 8 rings (SSSR count). The molecule has 5 atom stereocenters. The van der Waals surface area contributed by atoms with Crippen LogP contribution in [0.4, 0.5) is 5.69 Å². The SMILES string of the molecule is C[C@@H]1[C@@H]([Si](C)(C)O)[C@H](CC(=O)N2Cc3ccccc3C[C@H]2CO)O[C@@]12C(=O)N(Cc1cccc(-n3ncc4ccccc4c3=O)c1)c1ccc(Br)cc12. The fourth-order valence-electron chi connectivity index (χ4n) is 8.98. The first-order valence-corrected chi connectivity index (χ1v) is 21.8. The van der Waals surface area contributed by atoms with Gasteiger partial charge in [0.05, 0.1) is 54.7 Å². The first-order valence-electron chi connectivity index (χ1n) is 18.0. The minimum atomic E-state index is -3.04. The Hall–Kier alpha value is -4.46. The summed E-state index contributed by atoms with van der Waals surface area (Å²) in [6, 6.07) is 28.0. The van der Waals surface area contributed by atoms with E-state index < -0.39 is 31.5 Å². The van der Waals surface area contributed by atoms with Crippen molar-refractivity contribution in [3.8, 4) is 5.69 Å². The predicted molar refractivity (Wildman–Crippen MR) is 208 cm³/mol. The molecule has 5 aromatic rings. The zero-order chi connectivity index (χ0) is 37.2. The number of aromatic nitrogens is 2. The molecular formula is C41H41BrN4O6Si. The second kappa shape index (κ2) is 13.4. The number of fused-ring (bicyclic) bond motifs is 4. The normalized spacial score (nSPS) is 23.8. The van der Waals surface area contributed by atoms with Crippen molar-refractivity contribution in [1.82, 2.24) is 14.7 Å². The van der Waals surface area contributed by atoms with Gasteiger partial charge < -0.3 is 24.4 Å². The average Bonchev–Trinajstić information content (AvgIpc) is 3.56. The van der Waals surface area contributed by atoms with Crippen LogP contribution < -0.4 is 10.5 Å². The van der Waals surface area contributed by atoms with Gasteiger partial charge in [-0.2, -0.15) is 9.78 Å². The Morgan fingerprint density at radius 2 is 1.75 bits per heavy atom. The highest BCUT2D eigenvalue weighted by Crippen LogP contribution is 2.60. The first-order chi connectivity index (χ1) is 25.4. The number of hydrogen-bond acceptors (Lipinski definition) is 7. The zero-order valence-electron chi connectivity index (χ0n) is 29.8. The summed E-state index contributed by atoms with van der Waals surface area (Å²) < 4.78 is 9.12. The van der Waals surface area contributed by atoms with Gasteiger partial charge in [-0.05, 0) is 72.6 Å². The van der Waals surface area contributed by atoms with Crippen molar-refractivity contribution >= 4 is 52.5 Å². The largest absolute Gasteiger partial charge is 0.432 e. The lowest BCUT2D eigenvalue weighted by Gasteiger charge is -2.37. The van der Waals surface area contributed by atoms with E-state index in [0.29, 0.717) is 35.3 Å². The summed E-state index contributed by atoms with van der Waals surface area (Å²) in [4.78, 5) is 57.9. The number of nitrogens with zero attached hydrogens (tertiary/aromatic N) is 4. The number of aliphatic hydroxyl groups is 1. The molecule has 1 aromatic heterocycles. The third-order valence-electron chi connectivity index (χ3n) is 11.4. The van der Waals surface area contributed by atoms with E-state index in [1.54, 1.807) is 22.1 Å². The van der Waals surface area contributed by atoms with Gasteiger partial charge in [0.25, 0.3) is 11.5 Å². The highest BCUT2D eigenvalue weighted by atomic mass is 79.9. The fourth-order valence-corrected chi connectivity index (χ4v) is 11.9. The fraction of sp³-hybridized carbons (Fsp3) is 0.317. The summed E-state index contributed by atoms with van der Waals surface area (Å²) in [7, 11) is -3.04. The minimum absolute atomic E-state index is 0.0292. The summed E-state index contributed by atoms with van der Waals surface area (Å²) in [6.07, 6.45) is 1.46. The Bertz CT molecular complexity index is 2330. The van der Waals surface area contributed by atoms with E-state index in [4.69, 9.17) is 4.74 Å². The zero-order valence-corrected chi connectivity index (χ0v) is 32.4. The third kappa shape index (κ3) is 5.97. The number of halogens is 1. The molecule has 4 heterocycles. The molecule has 0 saturated carbocycles. The molecule has 2 amide bonds. The Morgan fingerprint density at radius 3 is 2.53 bits per heavy atom. The maximum Gasteiger partial charge on any atom is 0.279 e. The van der Waals surface area contributed by atoms with Crippen LogP contribution >= 0.6 is 15.9 Å². The molecule has 3 aliphatic rings. The van der Waals surface area contributed by atoms with Gasteiger partial charge in [0, 0.05) is 33.4 Å². The monoisotopic (exact) mass is 792 g/mol. The third-order valence-corrected chi connectivity index (χ3v) is 14.4. The van der Waals surface area contributed by atoms with E-state index in [1.165, 1.54) is 4.68 Å². The van der Waals surface area contributed by atoms with Crippen LogP contribution in [0, 0.1) is 5.92 Å². The van der Waals surface area contributed by atoms with Crippen LogP contribution in [0.5, 0.6) is 0 Å². The molecule has 4 aromatic carbocycles. The molecule has 272 valence electrons. The molecule has 3 aliphatic heterocycles. The predicted octanol–water partition coefficient (Wildman–Crippen LogP) is 5.83. The lowest BCUT2D eigenvalue weighted by Crippen LogP contribution is -2.48. The van der Waals surface area contributed by atoms with Crippen LogP contribution in [0.1, 0.15) is 35.6 Å². The standard InChI is InChI=1S/C41H41BrN4O6Si/c1-25-38(53(2,3)51)36(20-37(48)44-23-29-12-5-4-10-27(29)18-32(44)24-47)52-41(25)34-19-30(42)15-16-35(34)45(40(41)50)22-26-9-8-13-31(17-26)46-39(49)33-14-7-6-11-28(33)21-43-46/h4-17,19,21,25,32,36,38,47,51H,18,20,22-24H2,1-3H3/t25-,32+,36+,38-,41+/m1/s1. The molecule has 53 heavy (non-hydrogen) atoms. The smallest absolute Gasteiger partial charge is 0.279 e. The summed E-state index contributed by atoms with van der Waals surface area (Å²) in [5.41, 5.74) is 2.78. The minimum Gasteiger partial charge on any atom is -0.432 e. The van der Waals surface area contributed by atoms with Crippen LogP contribution in [0.2, 0.25) is 18.6 Å². The van der Waals surface area contributed by atoms with Gasteiger partial charge >= 0.3 is 0 Å². The van der Waals surface area contributed by atoms with E-state index in [9.17, 15) is 19.5 Å². The molecule has 1 saturated heterocycles. The molecular weight excluding hydrogens is 752 g/mol. The highest BCUT2D eigenvalue weighted by Gasteiger charge is 2.66.